The van der Waals surface area contributed by atoms with Gasteiger partial charge in [-0.2, -0.15) is 11.3 Å². The number of carbonyl (C=O) groups is 1. The third kappa shape index (κ3) is 3.03. The maximum atomic E-state index is 11.1. The lowest BCUT2D eigenvalue weighted by atomic mass is 10.1. The molecule has 20 heavy (non-hydrogen) atoms. The van der Waals surface area contributed by atoms with E-state index in [0.29, 0.717) is 23.7 Å². The van der Waals surface area contributed by atoms with Gasteiger partial charge in [0, 0.05) is 6.54 Å². The predicted octanol–water partition coefficient (Wildman–Crippen LogP) is 3.08. The van der Waals surface area contributed by atoms with Crippen molar-refractivity contribution in [2.45, 2.75) is 6.54 Å². The molecule has 0 aliphatic heterocycles. The molecule has 0 fully saturated rings. The van der Waals surface area contributed by atoms with Crippen molar-refractivity contribution in [2.75, 3.05) is 19.5 Å². The first-order valence-corrected chi connectivity index (χ1v) is 6.84. The summed E-state index contributed by atoms with van der Waals surface area (Å²) in [5, 5.41) is 16.3. The van der Waals surface area contributed by atoms with E-state index in [1.807, 2.05) is 16.8 Å². The number of anilines is 1. The summed E-state index contributed by atoms with van der Waals surface area (Å²) in [4.78, 5) is 11.1. The van der Waals surface area contributed by atoms with Crippen molar-refractivity contribution in [2.24, 2.45) is 0 Å². The first-order chi connectivity index (χ1) is 9.65. The SMILES string of the molecule is COc1cc(C(=O)O)cc(NCc2ccsc2)c1OC. The molecule has 0 unspecified atom stereocenters. The second kappa shape index (κ2) is 6.29. The minimum Gasteiger partial charge on any atom is -0.493 e. The number of nitrogens with one attached hydrogen (secondary N) is 1. The quantitative estimate of drug-likeness (QED) is 0.856. The van der Waals surface area contributed by atoms with Crippen LogP contribution in [0, 0.1) is 0 Å². The van der Waals surface area contributed by atoms with Crippen molar-refractivity contribution in [3.05, 3.63) is 40.1 Å². The van der Waals surface area contributed by atoms with Gasteiger partial charge < -0.3 is 19.9 Å². The van der Waals surface area contributed by atoms with Crippen molar-refractivity contribution in [3.63, 3.8) is 0 Å². The van der Waals surface area contributed by atoms with Crippen molar-refractivity contribution in [1.82, 2.24) is 0 Å². The highest BCUT2D eigenvalue weighted by Gasteiger charge is 2.15. The summed E-state index contributed by atoms with van der Waals surface area (Å²) in [5.41, 5.74) is 1.86. The van der Waals surface area contributed by atoms with E-state index in [0.717, 1.165) is 5.56 Å². The zero-order chi connectivity index (χ0) is 14.5. The Morgan fingerprint density at radius 1 is 1.35 bits per heavy atom. The van der Waals surface area contributed by atoms with Gasteiger partial charge in [0.2, 0.25) is 0 Å². The molecular formula is C14H15NO4S. The van der Waals surface area contributed by atoms with Crippen LogP contribution >= 0.6 is 11.3 Å². The molecule has 1 heterocycles. The van der Waals surface area contributed by atoms with Crippen LogP contribution in [0.2, 0.25) is 0 Å². The monoisotopic (exact) mass is 293 g/mol. The molecule has 2 N–H and O–H groups in total. The Bertz CT molecular complexity index is 595. The summed E-state index contributed by atoms with van der Waals surface area (Å²) in [6.45, 7) is 0.589. The van der Waals surface area contributed by atoms with Gasteiger partial charge in [-0.05, 0) is 34.5 Å². The standard InChI is InChI=1S/C14H15NO4S/c1-18-12-6-10(14(16)17)5-11(13(12)19-2)15-7-9-3-4-20-8-9/h3-6,8,15H,7H2,1-2H3,(H,16,17). The average Bonchev–Trinajstić information content (AvgIpc) is 2.96. The van der Waals surface area contributed by atoms with Crippen LogP contribution in [0.3, 0.4) is 0 Å². The topological polar surface area (TPSA) is 67.8 Å². The maximum absolute atomic E-state index is 11.1. The summed E-state index contributed by atoms with van der Waals surface area (Å²) in [5.74, 6) is -0.127. The number of carboxylic acid groups (broad SMARTS) is 1. The molecule has 0 aliphatic rings. The van der Waals surface area contributed by atoms with Crippen LogP contribution in [0.5, 0.6) is 11.5 Å². The fourth-order valence-electron chi connectivity index (χ4n) is 1.81. The van der Waals surface area contributed by atoms with E-state index in [9.17, 15) is 4.79 Å². The highest BCUT2D eigenvalue weighted by Crippen LogP contribution is 2.36. The van der Waals surface area contributed by atoms with Gasteiger partial charge >= 0.3 is 5.97 Å². The second-order valence-electron chi connectivity index (χ2n) is 4.05. The third-order valence-electron chi connectivity index (χ3n) is 2.79. The van der Waals surface area contributed by atoms with Gasteiger partial charge in [-0.25, -0.2) is 4.79 Å². The highest BCUT2D eigenvalue weighted by molar-refractivity contribution is 7.07. The third-order valence-corrected chi connectivity index (χ3v) is 3.52. The van der Waals surface area contributed by atoms with Gasteiger partial charge in [-0.1, -0.05) is 0 Å². The van der Waals surface area contributed by atoms with Crippen molar-refractivity contribution < 1.29 is 19.4 Å². The normalized spacial score (nSPS) is 10.1. The Balaban J connectivity index is 2.32. The van der Waals surface area contributed by atoms with Gasteiger partial charge in [0.05, 0.1) is 25.5 Å². The highest BCUT2D eigenvalue weighted by atomic mass is 32.1. The maximum Gasteiger partial charge on any atom is 0.335 e. The van der Waals surface area contributed by atoms with Gasteiger partial charge in [-0.3, -0.25) is 0 Å². The van der Waals surface area contributed by atoms with E-state index < -0.39 is 5.97 Å². The van der Waals surface area contributed by atoms with Crippen LogP contribution in [0.15, 0.2) is 29.0 Å². The molecule has 106 valence electrons. The Kier molecular flexibility index (Phi) is 4.47. The van der Waals surface area contributed by atoms with Gasteiger partial charge in [0.25, 0.3) is 0 Å². The zero-order valence-corrected chi connectivity index (χ0v) is 12.0. The first-order valence-electron chi connectivity index (χ1n) is 5.90. The molecular weight excluding hydrogens is 278 g/mol. The van der Waals surface area contributed by atoms with Gasteiger partial charge in [0.15, 0.2) is 11.5 Å². The molecule has 5 nitrogen and oxygen atoms in total. The molecule has 0 spiro atoms. The summed E-state index contributed by atoms with van der Waals surface area (Å²) >= 11 is 1.61. The number of rotatable bonds is 6. The largest absolute Gasteiger partial charge is 0.493 e. The van der Waals surface area contributed by atoms with Gasteiger partial charge in [0.1, 0.15) is 0 Å². The summed E-state index contributed by atoms with van der Waals surface area (Å²) < 4.78 is 10.5. The van der Waals surface area contributed by atoms with Crippen LogP contribution in [-0.4, -0.2) is 25.3 Å². The van der Waals surface area contributed by atoms with E-state index in [4.69, 9.17) is 14.6 Å². The molecule has 0 atom stereocenters. The fraction of sp³-hybridized carbons (Fsp3) is 0.214. The Labute approximate surface area is 120 Å². The number of methoxy groups -OCH3 is 2. The number of ether oxygens (including phenoxy) is 2. The zero-order valence-electron chi connectivity index (χ0n) is 11.2. The Morgan fingerprint density at radius 3 is 2.70 bits per heavy atom. The molecule has 1 aromatic carbocycles. The van der Waals surface area contributed by atoms with E-state index in [2.05, 4.69) is 5.32 Å². The second-order valence-corrected chi connectivity index (χ2v) is 4.83. The number of hydrogen-bond donors (Lipinski definition) is 2. The van der Waals surface area contributed by atoms with E-state index >= 15 is 0 Å². The molecule has 0 bridgehead atoms. The molecule has 0 saturated heterocycles. The molecule has 0 amide bonds. The molecule has 6 heteroatoms. The minimum atomic E-state index is -1.01. The molecule has 2 aromatic rings. The molecule has 0 radical (unpaired) electrons. The molecule has 2 rings (SSSR count). The lowest BCUT2D eigenvalue weighted by molar-refractivity contribution is 0.0696. The van der Waals surface area contributed by atoms with Crippen molar-refractivity contribution in [3.8, 4) is 11.5 Å². The van der Waals surface area contributed by atoms with Crippen molar-refractivity contribution >= 4 is 23.0 Å². The average molecular weight is 293 g/mol. The van der Waals surface area contributed by atoms with Crippen LogP contribution in [0.25, 0.3) is 0 Å². The predicted molar refractivity (Wildman–Crippen MR) is 78.2 cm³/mol. The smallest absolute Gasteiger partial charge is 0.335 e. The van der Waals surface area contributed by atoms with Crippen LogP contribution < -0.4 is 14.8 Å². The number of hydrogen-bond acceptors (Lipinski definition) is 5. The molecule has 0 saturated carbocycles. The number of thiophene rings is 1. The van der Waals surface area contributed by atoms with Crippen molar-refractivity contribution in [1.29, 1.82) is 0 Å². The van der Waals surface area contributed by atoms with Gasteiger partial charge in [-0.15, -0.1) is 0 Å². The minimum absolute atomic E-state index is 0.149. The van der Waals surface area contributed by atoms with E-state index in [1.54, 1.807) is 11.3 Å². The Morgan fingerprint density at radius 2 is 2.15 bits per heavy atom. The number of carboxylic acids is 1. The molecule has 0 aliphatic carbocycles. The van der Waals surface area contributed by atoms with Crippen LogP contribution in [0.4, 0.5) is 5.69 Å². The summed E-state index contributed by atoms with van der Waals surface area (Å²) in [7, 11) is 3.00. The fourth-order valence-corrected chi connectivity index (χ4v) is 2.48. The summed E-state index contributed by atoms with van der Waals surface area (Å²) in [6, 6.07) is 4.98. The lowest BCUT2D eigenvalue weighted by Gasteiger charge is -2.15. The van der Waals surface area contributed by atoms with Crippen LogP contribution in [-0.2, 0) is 6.54 Å². The molecule has 1 aromatic heterocycles. The summed E-state index contributed by atoms with van der Waals surface area (Å²) in [6.07, 6.45) is 0. The van der Waals surface area contributed by atoms with E-state index in [-0.39, 0.29) is 5.56 Å². The lowest BCUT2D eigenvalue weighted by Crippen LogP contribution is -2.05. The van der Waals surface area contributed by atoms with Crippen LogP contribution in [0.1, 0.15) is 15.9 Å². The Hall–Kier alpha value is -2.21. The first kappa shape index (κ1) is 14.2. The number of aromatic carboxylic acids is 1. The van der Waals surface area contributed by atoms with E-state index in [1.165, 1.54) is 26.4 Å². The number of benzene rings is 1.